The molecule has 2 aromatic heterocycles. The lowest BCUT2D eigenvalue weighted by atomic mass is 10.1. The normalized spacial score (nSPS) is 16.1. The second kappa shape index (κ2) is 5.72. The lowest BCUT2D eigenvalue weighted by Gasteiger charge is -2.13. The van der Waals surface area contributed by atoms with Crippen molar-refractivity contribution in [1.29, 1.82) is 0 Å². The van der Waals surface area contributed by atoms with E-state index in [0.717, 1.165) is 18.4 Å². The van der Waals surface area contributed by atoms with Crippen molar-refractivity contribution in [2.75, 3.05) is 5.73 Å². The number of carbonyl (C=O) groups excluding carboxylic acids is 1. The zero-order valence-electron chi connectivity index (χ0n) is 12.6. The van der Waals surface area contributed by atoms with Crippen LogP contribution in [0.5, 0.6) is 0 Å². The van der Waals surface area contributed by atoms with E-state index in [-0.39, 0.29) is 34.3 Å². The van der Waals surface area contributed by atoms with Crippen molar-refractivity contribution < 1.29 is 13.7 Å². The average Bonchev–Trinajstić information content (AvgIpc) is 3.27. The molecule has 0 radical (unpaired) electrons. The van der Waals surface area contributed by atoms with Crippen molar-refractivity contribution in [3.63, 3.8) is 0 Å². The summed E-state index contributed by atoms with van der Waals surface area (Å²) in [6.07, 6.45) is 1.78. The molecule has 1 unspecified atom stereocenters. The molecule has 0 bridgehead atoms. The molecule has 3 N–H and O–H groups in total. The standard InChI is InChI=1S/C17H14ClN3O3/c18-13-8-7-12(23-13)15-14(16(19)24-21-15)17(22)20-11-6-5-9-3-1-2-4-10(9)11/h1-4,7-8,11H,5-6,19H2,(H,20,22). The van der Waals surface area contributed by atoms with Crippen LogP contribution in [0.3, 0.4) is 0 Å². The summed E-state index contributed by atoms with van der Waals surface area (Å²) in [6.45, 7) is 0. The molecule has 122 valence electrons. The van der Waals surface area contributed by atoms with E-state index < -0.39 is 0 Å². The minimum absolute atomic E-state index is 0.0543. The van der Waals surface area contributed by atoms with Crippen LogP contribution >= 0.6 is 11.6 Å². The molecule has 4 rings (SSSR count). The summed E-state index contributed by atoms with van der Waals surface area (Å²) in [5, 5.41) is 7.02. The highest BCUT2D eigenvalue weighted by Gasteiger charge is 2.29. The number of nitrogens with two attached hydrogens (primary N) is 1. The minimum atomic E-state index is -0.349. The van der Waals surface area contributed by atoms with Gasteiger partial charge in [0.15, 0.2) is 16.7 Å². The molecule has 0 aliphatic heterocycles. The Balaban J connectivity index is 1.63. The number of halogens is 1. The number of nitrogens with one attached hydrogen (secondary N) is 1. The van der Waals surface area contributed by atoms with Crippen molar-refractivity contribution in [2.24, 2.45) is 0 Å². The van der Waals surface area contributed by atoms with E-state index in [1.165, 1.54) is 5.56 Å². The first-order valence-corrected chi connectivity index (χ1v) is 7.91. The van der Waals surface area contributed by atoms with Gasteiger partial charge in [0.2, 0.25) is 5.88 Å². The maximum absolute atomic E-state index is 12.7. The summed E-state index contributed by atoms with van der Waals surface area (Å²) < 4.78 is 10.3. The number of nitrogen functional groups attached to an aromatic ring is 1. The van der Waals surface area contributed by atoms with Gasteiger partial charge in [-0.2, -0.15) is 0 Å². The highest BCUT2D eigenvalue weighted by atomic mass is 35.5. The molecule has 1 aliphatic rings. The first-order valence-electron chi connectivity index (χ1n) is 7.53. The number of amides is 1. The van der Waals surface area contributed by atoms with Gasteiger partial charge in [0.25, 0.3) is 5.91 Å². The number of rotatable bonds is 3. The predicted molar refractivity (Wildman–Crippen MR) is 88.6 cm³/mol. The van der Waals surface area contributed by atoms with Crippen molar-refractivity contribution in [3.05, 3.63) is 58.3 Å². The maximum atomic E-state index is 12.7. The SMILES string of the molecule is Nc1onc(-c2ccc(Cl)o2)c1C(=O)NC1CCc2ccccc21. The Bertz CT molecular complexity index is 915. The Kier molecular flexibility index (Phi) is 3.54. The molecule has 0 fully saturated rings. The van der Waals surface area contributed by atoms with Gasteiger partial charge in [0.05, 0.1) is 6.04 Å². The fraction of sp³-hybridized carbons (Fsp3) is 0.176. The number of aryl methyl sites for hydroxylation is 1. The molecule has 6 nitrogen and oxygen atoms in total. The van der Waals surface area contributed by atoms with E-state index in [1.807, 2.05) is 18.2 Å². The smallest absolute Gasteiger partial charge is 0.259 e. The summed E-state index contributed by atoms with van der Waals surface area (Å²) in [6, 6.07) is 11.2. The summed E-state index contributed by atoms with van der Waals surface area (Å²) in [4.78, 5) is 12.7. The van der Waals surface area contributed by atoms with Gasteiger partial charge in [-0.25, -0.2) is 0 Å². The summed E-state index contributed by atoms with van der Waals surface area (Å²) >= 11 is 5.79. The van der Waals surface area contributed by atoms with Crippen molar-refractivity contribution in [3.8, 4) is 11.5 Å². The van der Waals surface area contributed by atoms with Gasteiger partial charge in [-0.3, -0.25) is 4.79 Å². The van der Waals surface area contributed by atoms with Crippen LogP contribution in [0, 0.1) is 0 Å². The molecule has 1 aromatic carbocycles. The van der Waals surface area contributed by atoms with E-state index in [0.29, 0.717) is 5.76 Å². The summed E-state index contributed by atoms with van der Waals surface area (Å²) in [7, 11) is 0. The molecule has 7 heteroatoms. The predicted octanol–water partition coefficient (Wildman–Crippen LogP) is 3.59. The fourth-order valence-corrected chi connectivity index (χ4v) is 3.22. The van der Waals surface area contributed by atoms with Gasteiger partial charge in [-0.05, 0) is 47.7 Å². The molecular formula is C17H14ClN3O3. The molecule has 0 spiro atoms. The minimum Gasteiger partial charge on any atom is -0.443 e. The summed E-state index contributed by atoms with van der Waals surface area (Å²) in [5.41, 5.74) is 8.56. The quantitative estimate of drug-likeness (QED) is 0.757. The highest BCUT2D eigenvalue weighted by Crippen LogP contribution is 2.33. The first-order chi connectivity index (χ1) is 11.6. The monoisotopic (exact) mass is 343 g/mol. The van der Waals surface area contributed by atoms with E-state index in [9.17, 15) is 4.79 Å². The van der Waals surface area contributed by atoms with Gasteiger partial charge in [-0.15, -0.1) is 0 Å². The largest absolute Gasteiger partial charge is 0.443 e. The molecule has 2 heterocycles. The van der Waals surface area contributed by atoms with Crippen molar-refractivity contribution in [1.82, 2.24) is 10.5 Å². The molecule has 24 heavy (non-hydrogen) atoms. The number of hydrogen-bond donors (Lipinski definition) is 2. The van der Waals surface area contributed by atoms with Crippen LogP contribution in [-0.4, -0.2) is 11.1 Å². The number of carbonyl (C=O) groups is 1. The molecule has 1 aliphatic carbocycles. The van der Waals surface area contributed by atoms with Crippen LogP contribution in [0.1, 0.15) is 33.9 Å². The van der Waals surface area contributed by atoms with E-state index in [4.69, 9.17) is 26.3 Å². The van der Waals surface area contributed by atoms with Crippen molar-refractivity contribution in [2.45, 2.75) is 18.9 Å². The Hall–Kier alpha value is -2.73. The maximum Gasteiger partial charge on any atom is 0.259 e. The number of fused-ring (bicyclic) bond motifs is 1. The van der Waals surface area contributed by atoms with Gasteiger partial charge < -0.3 is 20.0 Å². The number of anilines is 1. The number of furan rings is 1. The van der Waals surface area contributed by atoms with Gasteiger partial charge in [0, 0.05) is 0 Å². The molecule has 1 atom stereocenters. The molecule has 0 saturated carbocycles. The number of nitrogens with zero attached hydrogens (tertiary/aromatic N) is 1. The first kappa shape index (κ1) is 14.8. The van der Waals surface area contributed by atoms with Crippen LogP contribution in [-0.2, 0) is 6.42 Å². The van der Waals surface area contributed by atoms with Gasteiger partial charge in [-0.1, -0.05) is 29.4 Å². The van der Waals surface area contributed by atoms with Crippen LogP contribution in [0.15, 0.2) is 45.3 Å². The summed E-state index contributed by atoms with van der Waals surface area (Å²) in [5.74, 6) is -0.0725. The Morgan fingerprint density at radius 2 is 2.12 bits per heavy atom. The second-order valence-electron chi connectivity index (χ2n) is 5.64. The molecule has 0 saturated heterocycles. The van der Waals surface area contributed by atoms with Gasteiger partial charge in [0.1, 0.15) is 5.56 Å². The Morgan fingerprint density at radius 1 is 1.29 bits per heavy atom. The number of benzene rings is 1. The van der Waals surface area contributed by atoms with E-state index in [1.54, 1.807) is 12.1 Å². The van der Waals surface area contributed by atoms with Crippen LogP contribution in [0.25, 0.3) is 11.5 Å². The zero-order valence-corrected chi connectivity index (χ0v) is 13.3. The number of aromatic nitrogens is 1. The molecular weight excluding hydrogens is 330 g/mol. The fourth-order valence-electron chi connectivity index (χ4n) is 3.07. The molecule has 1 amide bonds. The van der Waals surface area contributed by atoms with Crippen LogP contribution in [0.4, 0.5) is 5.88 Å². The average molecular weight is 344 g/mol. The highest BCUT2D eigenvalue weighted by molar-refractivity contribution is 6.29. The third-order valence-corrected chi connectivity index (χ3v) is 4.39. The lowest BCUT2D eigenvalue weighted by Crippen LogP contribution is -2.27. The van der Waals surface area contributed by atoms with Gasteiger partial charge >= 0.3 is 0 Å². The van der Waals surface area contributed by atoms with Crippen molar-refractivity contribution >= 4 is 23.4 Å². The van der Waals surface area contributed by atoms with E-state index in [2.05, 4.69) is 16.5 Å². The number of hydrogen-bond acceptors (Lipinski definition) is 5. The van der Waals surface area contributed by atoms with Crippen LogP contribution in [0.2, 0.25) is 5.22 Å². The van der Waals surface area contributed by atoms with Crippen LogP contribution < -0.4 is 11.1 Å². The third kappa shape index (κ3) is 2.45. The second-order valence-corrected chi connectivity index (χ2v) is 6.01. The third-order valence-electron chi connectivity index (χ3n) is 4.19. The lowest BCUT2D eigenvalue weighted by molar-refractivity contribution is 0.0937. The molecule has 3 aromatic rings. The Labute approximate surface area is 142 Å². The zero-order chi connectivity index (χ0) is 16.7. The Morgan fingerprint density at radius 3 is 2.92 bits per heavy atom. The van der Waals surface area contributed by atoms with E-state index >= 15 is 0 Å². The topological polar surface area (TPSA) is 94.3 Å².